The van der Waals surface area contributed by atoms with Crippen molar-refractivity contribution in [1.29, 1.82) is 5.26 Å². The maximum absolute atomic E-state index is 12.3. The number of halogens is 2. The summed E-state index contributed by atoms with van der Waals surface area (Å²) in [5, 5.41) is 9.21. The summed E-state index contributed by atoms with van der Waals surface area (Å²) in [6.07, 6.45) is 2.18. The molecule has 1 amide bonds. The van der Waals surface area contributed by atoms with Crippen LogP contribution in [0.25, 0.3) is 0 Å². The Hall–Kier alpha value is -2.16. The summed E-state index contributed by atoms with van der Waals surface area (Å²) >= 11 is 0. The first-order chi connectivity index (χ1) is 9.48. The van der Waals surface area contributed by atoms with E-state index in [1.807, 2.05) is 0 Å². The highest BCUT2D eigenvalue weighted by molar-refractivity contribution is 5.95. The fourth-order valence-corrected chi connectivity index (χ4v) is 2.23. The molecule has 0 saturated heterocycles. The smallest absolute Gasteiger partial charge is 0.387 e. The molecule has 1 aliphatic carbocycles. The van der Waals surface area contributed by atoms with E-state index >= 15 is 0 Å². The average molecular weight is 280 g/mol. The van der Waals surface area contributed by atoms with Gasteiger partial charge in [0.2, 0.25) is 0 Å². The predicted molar refractivity (Wildman–Crippen MR) is 67.4 cm³/mol. The van der Waals surface area contributed by atoms with Crippen molar-refractivity contribution in [3.63, 3.8) is 0 Å². The first-order valence-corrected chi connectivity index (χ1v) is 6.23. The van der Waals surface area contributed by atoms with E-state index in [1.54, 1.807) is 7.05 Å². The molecule has 106 valence electrons. The van der Waals surface area contributed by atoms with Crippen LogP contribution >= 0.6 is 0 Å². The maximum Gasteiger partial charge on any atom is 0.387 e. The molecule has 0 atom stereocenters. The summed E-state index contributed by atoms with van der Waals surface area (Å²) in [7, 11) is 1.56. The molecule has 1 fully saturated rings. The Balaban J connectivity index is 2.19. The average Bonchev–Trinajstić information content (AvgIpc) is 2.36. The minimum atomic E-state index is -2.94. The van der Waals surface area contributed by atoms with Gasteiger partial charge in [0.25, 0.3) is 5.91 Å². The number of nitriles is 1. The van der Waals surface area contributed by atoms with Crippen LogP contribution in [0.15, 0.2) is 24.3 Å². The van der Waals surface area contributed by atoms with Gasteiger partial charge in [0, 0.05) is 12.6 Å². The zero-order valence-corrected chi connectivity index (χ0v) is 11.0. The minimum Gasteiger partial charge on any atom is -0.435 e. The number of rotatable bonds is 4. The molecule has 20 heavy (non-hydrogen) atoms. The van der Waals surface area contributed by atoms with E-state index in [0.717, 1.165) is 6.42 Å². The van der Waals surface area contributed by atoms with Crippen LogP contribution < -0.4 is 4.74 Å². The van der Waals surface area contributed by atoms with Crippen LogP contribution in [0, 0.1) is 11.3 Å². The van der Waals surface area contributed by atoms with Crippen molar-refractivity contribution in [3.05, 3.63) is 29.8 Å². The van der Waals surface area contributed by atoms with Crippen molar-refractivity contribution in [1.82, 2.24) is 4.90 Å². The summed E-state index contributed by atoms with van der Waals surface area (Å²) in [5.74, 6) is -0.440. The van der Waals surface area contributed by atoms with Crippen LogP contribution in [-0.4, -0.2) is 30.0 Å². The van der Waals surface area contributed by atoms with Crippen molar-refractivity contribution in [2.45, 2.75) is 31.4 Å². The molecule has 0 spiro atoms. The van der Waals surface area contributed by atoms with Gasteiger partial charge in [-0.25, -0.2) is 0 Å². The van der Waals surface area contributed by atoms with E-state index in [4.69, 9.17) is 0 Å². The van der Waals surface area contributed by atoms with Crippen LogP contribution in [-0.2, 0) is 0 Å². The molecule has 0 radical (unpaired) electrons. The van der Waals surface area contributed by atoms with E-state index in [2.05, 4.69) is 10.8 Å². The Morgan fingerprint density at radius 2 is 2.20 bits per heavy atom. The molecule has 4 nitrogen and oxygen atoms in total. The largest absolute Gasteiger partial charge is 0.435 e. The van der Waals surface area contributed by atoms with Gasteiger partial charge in [0.1, 0.15) is 11.3 Å². The van der Waals surface area contributed by atoms with Gasteiger partial charge in [0.15, 0.2) is 0 Å². The number of hydrogen-bond donors (Lipinski definition) is 0. The molecule has 2 rings (SSSR count). The highest BCUT2D eigenvalue weighted by atomic mass is 19.3. The summed E-state index contributed by atoms with van der Waals surface area (Å²) in [6, 6.07) is 7.76. The van der Waals surface area contributed by atoms with Gasteiger partial charge in [-0.1, -0.05) is 6.07 Å². The lowest BCUT2D eigenvalue weighted by molar-refractivity contribution is -0.0499. The molecular weight excluding hydrogens is 266 g/mol. The molecule has 1 aromatic rings. The maximum atomic E-state index is 12.3. The second-order valence-electron chi connectivity index (χ2n) is 4.77. The topological polar surface area (TPSA) is 53.3 Å². The summed E-state index contributed by atoms with van der Waals surface area (Å²) in [4.78, 5) is 13.7. The first kappa shape index (κ1) is 14.3. The van der Waals surface area contributed by atoms with E-state index in [0.29, 0.717) is 12.8 Å². The van der Waals surface area contributed by atoms with Crippen LogP contribution in [0.4, 0.5) is 8.78 Å². The molecule has 0 aliphatic heterocycles. The number of ether oxygens (including phenoxy) is 1. The van der Waals surface area contributed by atoms with Gasteiger partial charge in [-0.15, -0.1) is 0 Å². The van der Waals surface area contributed by atoms with Crippen LogP contribution in [0.1, 0.15) is 29.6 Å². The predicted octanol–water partition coefficient (Wildman–Crippen LogP) is 2.81. The minimum absolute atomic E-state index is 0.0705. The SMILES string of the molecule is CN(C(=O)c1cccc(OC(F)F)c1)C1(C#N)CCC1. The second-order valence-corrected chi connectivity index (χ2v) is 4.77. The molecule has 0 aromatic heterocycles. The van der Waals surface area contributed by atoms with Crippen molar-refractivity contribution in [3.8, 4) is 11.8 Å². The fraction of sp³-hybridized carbons (Fsp3) is 0.429. The van der Waals surface area contributed by atoms with Crippen molar-refractivity contribution in [2.75, 3.05) is 7.05 Å². The Labute approximate surface area is 115 Å². The molecular formula is C14H14F2N2O2. The molecule has 6 heteroatoms. The number of benzene rings is 1. The van der Waals surface area contributed by atoms with E-state index < -0.39 is 12.2 Å². The lowest BCUT2D eigenvalue weighted by Gasteiger charge is -2.42. The van der Waals surface area contributed by atoms with Crippen LogP contribution in [0.5, 0.6) is 5.75 Å². The van der Waals surface area contributed by atoms with Crippen molar-refractivity contribution in [2.24, 2.45) is 0 Å². The first-order valence-electron chi connectivity index (χ1n) is 6.23. The summed E-state index contributed by atoms with van der Waals surface area (Å²) in [6.45, 7) is -2.94. The normalized spacial score (nSPS) is 16.1. The van der Waals surface area contributed by atoms with Crippen LogP contribution in [0.3, 0.4) is 0 Å². The van der Waals surface area contributed by atoms with Gasteiger partial charge in [-0.2, -0.15) is 14.0 Å². The van der Waals surface area contributed by atoms with Crippen molar-refractivity contribution >= 4 is 5.91 Å². The number of hydrogen-bond acceptors (Lipinski definition) is 3. The third kappa shape index (κ3) is 2.57. The number of carbonyl (C=O) groups is 1. The number of nitrogens with zero attached hydrogens (tertiary/aromatic N) is 2. The van der Waals surface area contributed by atoms with Gasteiger partial charge in [-0.05, 0) is 37.5 Å². The third-order valence-electron chi connectivity index (χ3n) is 3.64. The van der Waals surface area contributed by atoms with E-state index in [-0.39, 0.29) is 17.2 Å². The third-order valence-corrected chi connectivity index (χ3v) is 3.64. The van der Waals surface area contributed by atoms with E-state index in [1.165, 1.54) is 29.2 Å². The monoisotopic (exact) mass is 280 g/mol. The van der Waals surface area contributed by atoms with Crippen LogP contribution in [0.2, 0.25) is 0 Å². The lowest BCUT2D eigenvalue weighted by atomic mass is 9.76. The quantitative estimate of drug-likeness (QED) is 0.852. The fourth-order valence-electron chi connectivity index (χ4n) is 2.23. The van der Waals surface area contributed by atoms with Gasteiger partial charge >= 0.3 is 6.61 Å². The van der Waals surface area contributed by atoms with Gasteiger partial charge in [-0.3, -0.25) is 4.79 Å². The molecule has 0 heterocycles. The Morgan fingerprint density at radius 3 is 2.70 bits per heavy atom. The lowest BCUT2D eigenvalue weighted by Crippen LogP contribution is -2.53. The molecule has 0 bridgehead atoms. The second kappa shape index (κ2) is 5.45. The molecule has 0 N–H and O–H groups in total. The molecule has 1 aliphatic rings. The number of amides is 1. The Bertz CT molecular complexity index is 550. The van der Waals surface area contributed by atoms with Crippen molar-refractivity contribution < 1.29 is 18.3 Å². The van der Waals surface area contributed by atoms with Gasteiger partial charge < -0.3 is 9.64 Å². The molecule has 1 saturated carbocycles. The Kier molecular flexibility index (Phi) is 3.89. The number of carbonyl (C=O) groups excluding carboxylic acids is 1. The Morgan fingerprint density at radius 1 is 1.50 bits per heavy atom. The molecule has 1 aromatic carbocycles. The van der Waals surface area contributed by atoms with E-state index in [9.17, 15) is 18.8 Å². The molecule has 0 unspecified atom stereocenters. The standard InChI is InChI=1S/C14H14F2N2O2/c1-18(14(9-17)6-3-7-14)12(19)10-4-2-5-11(8-10)20-13(15)16/h2,4-5,8,13H,3,6-7H2,1H3. The zero-order valence-electron chi connectivity index (χ0n) is 11.0. The highest BCUT2D eigenvalue weighted by Crippen LogP contribution is 2.37. The summed E-state index contributed by atoms with van der Waals surface area (Å²) in [5.41, 5.74) is -0.538. The highest BCUT2D eigenvalue weighted by Gasteiger charge is 2.43. The van der Waals surface area contributed by atoms with Gasteiger partial charge in [0.05, 0.1) is 6.07 Å². The summed E-state index contributed by atoms with van der Waals surface area (Å²) < 4.78 is 28.6. The number of alkyl halides is 2. The zero-order chi connectivity index (χ0) is 14.8.